The zero-order chi connectivity index (χ0) is 21.6. The predicted molar refractivity (Wildman–Crippen MR) is 116 cm³/mol. The molecule has 1 aliphatic carbocycles. The Kier molecular flexibility index (Phi) is 7.06. The van der Waals surface area contributed by atoms with Gasteiger partial charge in [0.05, 0.1) is 20.8 Å². The van der Waals surface area contributed by atoms with E-state index in [0.717, 1.165) is 44.3 Å². The first-order chi connectivity index (χ1) is 15.2. The van der Waals surface area contributed by atoms with Gasteiger partial charge >= 0.3 is 0 Å². The minimum Gasteiger partial charge on any atom is -0.493 e. The predicted octanol–water partition coefficient (Wildman–Crippen LogP) is 3.41. The van der Waals surface area contributed by atoms with E-state index in [1.54, 1.807) is 14.2 Å². The fourth-order valence-corrected chi connectivity index (χ4v) is 4.52. The average molecular weight is 429 g/mol. The minimum atomic E-state index is 0.114. The van der Waals surface area contributed by atoms with Gasteiger partial charge in [0.2, 0.25) is 17.6 Å². The van der Waals surface area contributed by atoms with E-state index in [2.05, 4.69) is 20.4 Å². The molecule has 1 saturated carbocycles. The van der Waals surface area contributed by atoms with Crippen molar-refractivity contribution in [1.82, 2.24) is 20.4 Å². The molecular formula is C23H32N4O4. The van der Waals surface area contributed by atoms with Crippen LogP contribution in [0.25, 0.3) is 11.4 Å². The van der Waals surface area contributed by atoms with Crippen molar-refractivity contribution in [3.63, 3.8) is 0 Å². The fourth-order valence-electron chi connectivity index (χ4n) is 4.52. The molecule has 1 N–H and O–H groups in total. The van der Waals surface area contributed by atoms with E-state index in [9.17, 15) is 4.79 Å². The summed E-state index contributed by atoms with van der Waals surface area (Å²) in [6, 6.07) is 5.93. The molecule has 8 nitrogen and oxygen atoms in total. The standard InChI is InChI=1S/C23H32N4O4/c1-29-19-9-8-17(14-20(19)30-2)22-25-21(31-26-22)15-27-12-10-16(11-13-27)23(28)24-18-6-4-3-5-7-18/h8-9,14,16,18H,3-7,10-13,15H2,1-2H3,(H,24,28). The molecule has 168 valence electrons. The zero-order valence-electron chi connectivity index (χ0n) is 18.4. The number of likely N-dealkylation sites (tertiary alicyclic amines) is 1. The molecule has 0 radical (unpaired) electrons. The third-order valence-corrected chi connectivity index (χ3v) is 6.38. The molecule has 1 aliphatic heterocycles. The molecule has 0 atom stereocenters. The number of amides is 1. The van der Waals surface area contributed by atoms with Gasteiger partial charge in [-0.25, -0.2) is 0 Å². The number of piperidine rings is 1. The number of aromatic nitrogens is 2. The maximum Gasteiger partial charge on any atom is 0.241 e. The SMILES string of the molecule is COc1ccc(-c2noc(CN3CCC(C(=O)NC4CCCCC4)CC3)n2)cc1OC. The number of hydrogen-bond acceptors (Lipinski definition) is 7. The Morgan fingerprint density at radius 1 is 1.10 bits per heavy atom. The molecule has 2 heterocycles. The number of hydrogen-bond donors (Lipinski definition) is 1. The number of carbonyl (C=O) groups is 1. The molecule has 4 rings (SSSR count). The third kappa shape index (κ3) is 5.36. The van der Waals surface area contributed by atoms with Gasteiger partial charge in [0.15, 0.2) is 11.5 Å². The number of nitrogens with one attached hydrogen (secondary N) is 1. The van der Waals surface area contributed by atoms with Crippen molar-refractivity contribution in [3.8, 4) is 22.9 Å². The van der Waals surface area contributed by atoms with Crippen molar-refractivity contribution >= 4 is 5.91 Å². The second-order valence-electron chi connectivity index (χ2n) is 8.48. The van der Waals surface area contributed by atoms with E-state index in [1.807, 2.05) is 18.2 Å². The molecule has 1 aromatic carbocycles. The molecule has 0 spiro atoms. The van der Waals surface area contributed by atoms with Crippen LogP contribution in [0.5, 0.6) is 11.5 Å². The maximum absolute atomic E-state index is 12.6. The second kappa shape index (κ2) is 10.1. The summed E-state index contributed by atoms with van der Waals surface area (Å²) in [7, 11) is 3.20. The van der Waals surface area contributed by atoms with E-state index in [4.69, 9.17) is 14.0 Å². The number of rotatable bonds is 7. The molecule has 0 bridgehead atoms. The Labute approximate surface area is 183 Å². The highest BCUT2D eigenvalue weighted by Gasteiger charge is 2.27. The lowest BCUT2D eigenvalue weighted by atomic mass is 9.92. The normalized spacial score (nSPS) is 18.6. The minimum absolute atomic E-state index is 0.114. The van der Waals surface area contributed by atoms with Crippen molar-refractivity contribution in [1.29, 1.82) is 0 Å². The molecule has 31 heavy (non-hydrogen) atoms. The molecule has 1 saturated heterocycles. The largest absolute Gasteiger partial charge is 0.493 e. The number of nitrogens with zero attached hydrogens (tertiary/aromatic N) is 3. The monoisotopic (exact) mass is 428 g/mol. The number of benzene rings is 1. The molecule has 1 aromatic heterocycles. The molecule has 2 fully saturated rings. The zero-order valence-corrected chi connectivity index (χ0v) is 18.4. The summed E-state index contributed by atoms with van der Waals surface area (Å²) >= 11 is 0. The van der Waals surface area contributed by atoms with Crippen LogP contribution in [0.4, 0.5) is 0 Å². The lowest BCUT2D eigenvalue weighted by Crippen LogP contribution is -2.44. The Hall–Kier alpha value is -2.61. The van der Waals surface area contributed by atoms with E-state index in [0.29, 0.717) is 35.8 Å². The van der Waals surface area contributed by atoms with Crippen molar-refractivity contribution in [2.24, 2.45) is 5.92 Å². The number of carbonyl (C=O) groups excluding carboxylic acids is 1. The Balaban J connectivity index is 1.28. The Morgan fingerprint density at radius 2 is 1.84 bits per heavy atom. The smallest absolute Gasteiger partial charge is 0.241 e. The number of methoxy groups -OCH3 is 2. The fraction of sp³-hybridized carbons (Fsp3) is 0.609. The molecule has 0 unspecified atom stereocenters. The maximum atomic E-state index is 12.6. The van der Waals surface area contributed by atoms with Crippen LogP contribution in [0.3, 0.4) is 0 Å². The van der Waals surface area contributed by atoms with Crippen molar-refractivity contribution in [3.05, 3.63) is 24.1 Å². The average Bonchev–Trinajstić information content (AvgIpc) is 3.28. The van der Waals surface area contributed by atoms with Crippen LogP contribution in [-0.2, 0) is 11.3 Å². The van der Waals surface area contributed by atoms with E-state index in [1.165, 1.54) is 19.3 Å². The van der Waals surface area contributed by atoms with E-state index in [-0.39, 0.29) is 11.8 Å². The lowest BCUT2D eigenvalue weighted by molar-refractivity contribution is -0.127. The van der Waals surface area contributed by atoms with Crippen molar-refractivity contribution in [2.45, 2.75) is 57.5 Å². The van der Waals surface area contributed by atoms with Gasteiger partial charge < -0.3 is 19.3 Å². The van der Waals surface area contributed by atoms with Gasteiger partial charge in [-0.15, -0.1) is 0 Å². The van der Waals surface area contributed by atoms with Gasteiger partial charge in [-0.1, -0.05) is 24.4 Å². The van der Waals surface area contributed by atoms with Crippen LogP contribution in [0.1, 0.15) is 50.8 Å². The third-order valence-electron chi connectivity index (χ3n) is 6.38. The van der Waals surface area contributed by atoms with Gasteiger partial charge in [-0.05, 0) is 57.0 Å². The highest BCUT2D eigenvalue weighted by molar-refractivity contribution is 5.79. The van der Waals surface area contributed by atoms with Crippen LogP contribution < -0.4 is 14.8 Å². The van der Waals surface area contributed by atoms with Gasteiger partial charge in [-0.3, -0.25) is 9.69 Å². The summed E-state index contributed by atoms with van der Waals surface area (Å²) in [6.45, 7) is 2.31. The van der Waals surface area contributed by atoms with Crippen LogP contribution >= 0.6 is 0 Å². The Bertz CT molecular complexity index is 870. The van der Waals surface area contributed by atoms with Crippen LogP contribution in [0.15, 0.2) is 22.7 Å². The van der Waals surface area contributed by atoms with Crippen molar-refractivity contribution < 1.29 is 18.8 Å². The lowest BCUT2D eigenvalue weighted by Gasteiger charge is -2.32. The quantitative estimate of drug-likeness (QED) is 0.723. The molecule has 2 aliphatic rings. The molecule has 8 heteroatoms. The van der Waals surface area contributed by atoms with Crippen LogP contribution in [0, 0.1) is 5.92 Å². The van der Waals surface area contributed by atoms with Crippen LogP contribution in [-0.4, -0.2) is 54.3 Å². The van der Waals surface area contributed by atoms with Crippen molar-refractivity contribution in [2.75, 3.05) is 27.3 Å². The molecule has 1 amide bonds. The summed E-state index contributed by atoms with van der Waals surface area (Å²) < 4.78 is 16.1. The highest BCUT2D eigenvalue weighted by atomic mass is 16.5. The summed E-state index contributed by atoms with van der Waals surface area (Å²) in [5, 5.41) is 7.39. The summed E-state index contributed by atoms with van der Waals surface area (Å²) in [4.78, 5) is 19.4. The summed E-state index contributed by atoms with van der Waals surface area (Å²) in [5.74, 6) is 2.74. The summed E-state index contributed by atoms with van der Waals surface area (Å²) in [5.41, 5.74) is 0.811. The number of ether oxygens (including phenoxy) is 2. The highest BCUT2D eigenvalue weighted by Crippen LogP contribution is 2.31. The second-order valence-corrected chi connectivity index (χ2v) is 8.48. The first kappa shape index (κ1) is 21.6. The first-order valence-electron chi connectivity index (χ1n) is 11.2. The molecule has 2 aromatic rings. The van der Waals surface area contributed by atoms with Gasteiger partial charge in [0.25, 0.3) is 0 Å². The van der Waals surface area contributed by atoms with Gasteiger partial charge in [-0.2, -0.15) is 4.98 Å². The van der Waals surface area contributed by atoms with Gasteiger partial charge in [0, 0.05) is 17.5 Å². The topological polar surface area (TPSA) is 89.7 Å². The van der Waals surface area contributed by atoms with Gasteiger partial charge in [0.1, 0.15) is 0 Å². The first-order valence-corrected chi connectivity index (χ1v) is 11.2. The van der Waals surface area contributed by atoms with E-state index >= 15 is 0 Å². The van der Waals surface area contributed by atoms with E-state index < -0.39 is 0 Å². The Morgan fingerprint density at radius 3 is 2.55 bits per heavy atom. The van der Waals surface area contributed by atoms with Crippen LogP contribution in [0.2, 0.25) is 0 Å². The molecular weight excluding hydrogens is 396 g/mol. The summed E-state index contributed by atoms with van der Waals surface area (Å²) in [6.07, 6.45) is 7.77.